The lowest BCUT2D eigenvalue weighted by atomic mass is 10.6. The fraction of sp³-hybridized carbons (Fsp3) is 0.818. The van der Waals surface area contributed by atoms with Gasteiger partial charge in [-0.15, -0.1) is 0 Å². The molecule has 0 aromatic heterocycles. The van der Waals surface area contributed by atoms with Gasteiger partial charge in [0.05, 0.1) is 18.9 Å². The molecule has 0 atom stereocenters. The van der Waals surface area contributed by atoms with Crippen molar-refractivity contribution in [3.63, 3.8) is 0 Å². The Morgan fingerprint density at radius 3 is 1.63 bits per heavy atom. The Hall–Kier alpha value is 0.190. The van der Waals surface area contributed by atoms with Crippen molar-refractivity contribution in [3.05, 3.63) is 0 Å². The van der Waals surface area contributed by atoms with E-state index in [9.17, 15) is 14.2 Å². The van der Waals surface area contributed by atoms with Crippen molar-refractivity contribution < 1.29 is 23.2 Å². The third-order valence-electron chi connectivity index (χ3n) is 1.95. The summed E-state index contributed by atoms with van der Waals surface area (Å²) in [5, 5.41) is 0.00325. The molecule has 8 heteroatoms. The highest BCUT2D eigenvalue weighted by Crippen LogP contribution is 2.52. The Bertz CT molecular complexity index is 320. The molecule has 0 saturated carbocycles. The monoisotopic (exact) mass is 328 g/mol. The van der Waals surface area contributed by atoms with E-state index in [4.69, 9.17) is 9.05 Å². The van der Waals surface area contributed by atoms with Crippen LogP contribution in [0, 0.1) is 0 Å². The van der Waals surface area contributed by atoms with Crippen LogP contribution in [0.25, 0.3) is 0 Å². The van der Waals surface area contributed by atoms with Gasteiger partial charge in [0.1, 0.15) is 0 Å². The summed E-state index contributed by atoms with van der Waals surface area (Å²) in [6.45, 7) is 6.89. The Labute approximate surface area is 123 Å². The summed E-state index contributed by atoms with van der Waals surface area (Å²) in [7, 11) is -3.16. The lowest BCUT2D eigenvalue weighted by molar-refractivity contribution is -0.109. The normalized spacial score (nSPS) is 11.8. The van der Waals surface area contributed by atoms with Crippen LogP contribution in [0.4, 0.5) is 0 Å². The van der Waals surface area contributed by atoms with E-state index >= 15 is 0 Å². The van der Waals surface area contributed by atoms with Gasteiger partial charge < -0.3 is 9.05 Å². The average molecular weight is 328 g/mol. The van der Waals surface area contributed by atoms with E-state index in [1.807, 2.05) is 0 Å². The van der Waals surface area contributed by atoms with E-state index in [1.165, 1.54) is 13.8 Å². The van der Waals surface area contributed by atoms with Crippen LogP contribution in [0.15, 0.2) is 0 Å². The molecule has 5 nitrogen and oxygen atoms in total. The van der Waals surface area contributed by atoms with Gasteiger partial charge in [-0.05, 0) is 0 Å². The third kappa shape index (κ3) is 9.68. The largest absolute Gasteiger partial charge is 0.333 e. The molecule has 0 aliphatic carbocycles. The van der Waals surface area contributed by atoms with Crippen molar-refractivity contribution in [1.82, 2.24) is 0 Å². The molecule has 112 valence electrons. The lowest BCUT2D eigenvalue weighted by Crippen LogP contribution is -2.10. The molecule has 0 N–H and O–H groups in total. The van der Waals surface area contributed by atoms with Crippen LogP contribution in [0.3, 0.4) is 0 Å². The molecule has 0 heterocycles. The smallest absolute Gasteiger partial charge is 0.308 e. The Morgan fingerprint density at radius 2 is 1.37 bits per heavy atom. The summed E-state index contributed by atoms with van der Waals surface area (Å²) < 4.78 is 23.0. The maximum Gasteiger partial charge on any atom is 0.333 e. The van der Waals surface area contributed by atoms with Gasteiger partial charge in [0, 0.05) is 25.4 Å². The SMILES string of the molecule is CC(=O)SCCOP(=O)(OCCSC(C)=O)C(C)C. The van der Waals surface area contributed by atoms with Gasteiger partial charge in [-0.2, -0.15) is 0 Å². The van der Waals surface area contributed by atoms with Gasteiger partial charge in [-0.25, -0.2) is 0 Å². The van der Waals surface area contributed by atoms with Crippen LogP contribution in [0.1, 0.15) is 27.7 Å². The summed E-state index contributed by atoms with van der Waals surface area (Å²) in [4.78, 5) is 21.5. The molecule has 19 heavy (non-hydrogen) atoms. The summed E-state index contributed by atoms with van der Waals surface area (Å²) in [5.74, 6) is 0.912. The zero-order valence-electron chi connectivity index (χ0n) is 11.7. The first-order valence-corrected chi connectivity index (χ1v) is 9.51. The van der Waals surface area contributed by atoms with Gasteiger partial charge in [0.25, 0.3) is 0 Å². The zero-order chi connectivity index (χ0) is 14.9. The maximum absolute atomic E-state index is 12.4. The summed E-state index contributed by atoms with van der Waals surface area (Å²) in [6.07, 6.45) is 0. The second kappa shape index (κ2) is 10.00. The Kier molecular flexibility index (Phi) is 10.1. The number of hydrogen-bond donors (Lipinski definition) is 0. The molecular weight excluding hydrogens is 307 g/mol. The van der Waals surface area contributed by atoms with E-state index in [2.05, 4.69) is 0 Å². The molecule has 0 aromatic rings. The summed E-state index contributed by atoms with van der Waals surface area (Å²) in [6, 6.07) is 0. The van der Waals surface area contributed by atoms with Crippen LogP contribution in [-0.4, -0.2) is 40.6 Å². The van der Waals surface area contributed by atoms with Crippen LogP contribution in [-0.2, 0) is 23.2 Å². The first-order valence-electron chi connectivity index (χ1n) is 5.93. The van der Waals surface area contributed by atoms with Crippen LogP contribution in [0.5, 0.6) is 0 Å². The Morgan fingerprint density at radius 1 is 1.00 bits per heavy atom. The van der Waals surface area contributed by atoms with Crippen molar-refractivity contribution in [2.45, 2.75) is 33.4 Å². The van der Waals surface area contributed by atoms with E-state index in [0.29, 0.717) is 11.5 Å². The van der Waals surface area contributed by atoms with Crippen LogP contribution < -0.4 is 0 Å². The minimum Gasteiger partial charge on any atom is -0.308 e. The number of rotatable bonds is 9. The second-order valence-electron chi connectivity index (χ2n) is 3.98. The third-order valence-corrected chi connectivity index (χ3v) is 5.86. The van der Waals surface area contributed by atoms with E-state index in [0.717, 1.165) is 23.5 Å². The van der Waals surface area contributed by atoms with Crippen molar-refractivity contribution in [1.29, 1.82) is 0 Å². The minimum absolute atomic E-state index is 0.00163. The van der Waals surface area contributed by atoms with E-state index in [1.54, 1.807) is 13.8 Å². The van der Waals surface area contributed by atoms with Crippen molar-refractivity contribution in [2.75, 3.05) is 24.7 Å². The molecule has 0 unspecified atom stereocenters. The molecule has 0 rings (SSSR count). The molecule has 0 bridgehead atoms. The Balaban J connectivity index is 4.08. The highest BCUT2D eigenvalue weighted by Gasteiger charge is 2.29. The lowest BCUT2D eigenvalue weighted by Gasteiger charge is -2.21. The van der Waals surface area contributed by atoms with Gasteiger partial charge in [0.2, 0.25) is 0 Å². The molecule has 0 saturated heterocycles. The molecule has 0 aromatic carbocycles. The summed E-state index contributed by atoms with van der Waals surface area (Å²) >= 11 is 2.25. The highest BCUT2D eigenvalue weighted by molar-refractivity contribution is 8.13. The zero-order valence-corrected chi connectivity index (χ0v) is 14.2. The predicted molar refractivity (Wildman–Crippen MR) is 80.9 cm³/mol. The standard InChI is InChI=1S/C11H21O5PS2/c1-9(2)17(14,15-5-7-18-10(3)12)16-6-8-19-11(4)13/h9H,5-8H2,1-4H3. The molecule has 0 radical (unpaired) electrons. The van der Waals surface area contributed by atoms with E-state index in [-0.39, 0.29) is 29.1 Å². The van der Waals surface area contributed by atoms with Gasteiger partial charge >= 0.3 is 7.60 Å². The highest BCUT2D eigenvalue weighted by atomic mass is 32.2. The minimum atomic E-state index is -3.16. The quantitative estimate of drug-likeness (QED) is 0.475. The van der Waals surface area contributed by atoms with Gasteiger partial charge in [0.15, 0.2) is 10.2 Å². The molecular formula is C11H21O5PS2. The summed E-state index contributed by atoms with van der Waals surface area (Å²) in [5.41, 5.74) is -0.253. The number of thioether (sulfide) groups is 2. The van der Waals surface area contributed by atoms with Crippen molar-refractivity contribution >= 4 is 41.4 Å². The van der Waals surface area contributed by atoms with Crippen LogP contribution in [0.2, 0.25) is 0 Å². The predicted octanol–water partition coefficient (Wildman–Crippen LogP) is 3.18. The molecule has 0 aliphatic heterocycles. The number of carbonyl (C=O) groups is 2. The molecule has 0 aliphatic rings. The fourth-order valence-electron chi connectivity index (χ4n) is 1.04. The molecule has 0 amide bonds. The van der Waals surface area contributed by atoms with Gasteiger partial charge in [-0.3, -0.25) is 14.2 Å². The van der Waals surface area contributed by atoms with Crippen molar-refractivity contribution in [2.24, 2.45) is 0 Å². The van der Waals surface area contributed by atoms with E-state index < -0.39 is 7.60 Å². The van der Waals surface area contributed by atoms with Gasteiger partial charge in [-0.1, -0.05) is 37.4 Å². The molecule has 0 spiro atoms. The second-order valence-corrected chi connectivity index (χ2v) is 9.15. The first kappa shape index (κ1) is 19.2. The van der Waals surface area contributed by atoms with Crippen LogP contribution >= 0.6 is 31.1 Å². The molecule has 0 fully saturated rings. The number of carbonyl (C=O) groups excluding carboxylic acids is 2. The fourth-order valence-corrected chi connectivity index (χ4v) is 3.55. The average Bonchev–Trinajstić information content (AvgIpc) is 2.29. The topological polar surface area (TPSA) is 69.7 Å². The maximum atomic E-state index is 12.4. The number of hydrogen-bond acceptors (Lipinski definition) is 7. The first-order chi connectivity index (χ1) is 8.78. The van der Waals surface area contributed by atoms with Crippen molar-refractivity contribution in [3.8, 4) is 0 Å².